The number of amides is 2. The largest absolute Gasteiger partial charge is 0.482 e. The lowest BCUT2D eigenvalue weighted by atomic mass is 9.79. The van der Waals surface area contributed by atoms with E-state index >= 15 is 0 Å². The molecule has 7 nitrogen and oxygen atoms in total. The molecule has 6 rings (SSSR count). The van der Waals surface area contributed by atoms with Gasteiger partial charge in [0.15, 0.2) is 6.61 Å². The third-order valence-corrected chi connectivity index (χ3v) is 8.51. The number of rotatable bonds is 10. The average Bonchev–Trinajstić information content (AvgIpc) is 3.86. The molecule has 1 N–H and O–H groups in total. The minimum atomic E-state index is -0.172. The van der Waals surface area contributed by atoms with Crippen LogP contribution in [0.3, 0.4) is 0 Å². The first-order valence-electron chi connectivity index (χ1n) is 14.9. The van der Waals surface area contributed by atoms with Crippen LogP contribution in [-0.4, -0.2) is 57.8 Å². The SMILES string of the molecule is COCCCCN1C(=O)COc2ccc(N(C(=O)C3CNCCC3c3cccc(-c4ccccc4)c3)C3CC3)cc21. The summed E-state index contributed by atoms with van der Waals surface area (Å²) in [6.45, 7) is 2.86. The third kappa shape index (κ3) is 6.02. The number of ether oxygens (including phenoxy) is 2. The molecule has 2 heterocycles. The molecule has 0 radical (unpaired) electrons. The standard InChI is InChI=1S/C34H39N3O4/c1-40-19-6-5-18-36-31-21-28(14-15-32(31)41-23-33(36)38)37(27-12-13-27)34(39)30-22-35-17-16-29(30)26-11-7-10-25(20-26)24-8-3-2-4-9-24/h2-4,7-11,14-15,20-21,27,29-30,35H,5-6,12-13,16-19,22-23H2,1H3. The Kier molecular flexibility index (Phi) is 8.35. The van der Waals surface area contributed by atoms with Crippen molar-refractivity contribution in [2.45, 2.75) is 44.1 Å². The molecule has 41 heavy (non-hydrogen) atoms. The highest BCUT2D eigenvalue weighted by Crippen LogP contribution is 2.42. The number of carbonyl (C=O) groups is 2. The number of benzene rings is 3. The van der Waals surface area contributed by atoms with Gasteiger partial charge < -0.3 is 24.6 Å². The van der Waals surface area contributed by atoms with Crippen LogP contribution in [0.4, 0.5) is 11.4 Å². The Hall–Kier alpha value is -3.68. The molecule has 3 aromatic carbocycles. The van der Waals surface area contributed by atoms with E-state index < -0.39 is 0 Å². The second-order valence-electron chi connectivity index (χ2n) is 11.3. The Morgan fingerprint density at radius 1 is 1.00 bits per heavy atom. The number of fused-ring (bicyclic) bond motifs is 1. The summed E-state index contributed by atoms with van der Waals surface area (Å²) in [5.41, 5.74) is 5.18. The molecule has 2 aliphatic heterocycles. The van der Waals surface area contributed by atoms with Crippen molar-refractivity contribution in [2.24, 2.45) is 5.92 Å². The predicted octanol–water partition coefficient (Wildman–Crippen LogP) is 5.39. The summed E-state index contributed by atoms with van der Waals surface area (Å²) >= 11 is 0. The van der Waals surface area contributed by atoms with Crippen molar-refractivity contribution < 1.29 is 19.1 Å². The number of unbranched alkanes of at least 4 members (excludes halogenated alkanes) is 1. The van der Waals surface area contributed by atoms with Gasteiger partial charge in [-0.3, -0.25) is 9.59 Å². The van der Waals surface area contributed by atoms with E-state index in [0.29, 0.717) is 25.4 Å². The fourth-order valence-corrected chi connectivity index (χ4v) is 6.23. The van der Waals surface area contributed by atoms with Crippen LogP contribution in [0.15, 0.2) is 72.8 Å². The number of hydrogen-bond acceptors (Lipinski definition) is 5. The third-order valence-electron chi connectivity index (χ3n) is 8.51. The summed E-state index contributed by atoms with van der Waals surface area (Å²) in [7, 11) is 1.69. The minimum Gasteiger partial charge on any atom is -0.482 e. The van der Waals surface area contributed by atoms with Crippen LogP contribution in [0.2, 0.25) is 0 Å². The predicted molar refractivity (Wildman–Crippen MR) is 162 cm³/mol. The van der Waals surface area contributed by atoms with Crippen molar-refractivity contribution >= 4 is 23.2 Å². The van der Waals surface area contributed by atoms with Gasteiger partial charge >= 0.3 is 0 Å². The molecule has 2 fully saturated rings. The lowest BCUT2D eigenvalue weighted by molar-refractivity contribution is -0.123. The normalized spacial score (nSPS) is 20.3. The molecule has 2 amide bonds. The number of nitrogens with zero attached hydrogens (tertiary/aromatic N) is 2. The van der Waals surface area contributed by atoms with Gasteiger partial charge in [-0.2, -0.15) is 0 Å². The van der Waals surface area contributed by atoms with E-state index in [1.807, 2.05) is 34.1 Å². The van der Waals surface area contributed by atoms with E-state index in [2.05, 4.69) is 53.8 Å². The first-order valence-corrected chi connectivity index (χ1v) is 14.9. The van der Waals surface area contributed by atoms with Gasteiger partial charge in [0.25, 0.3) is 5.91 Å². The summed E-state index contributed by atoms with van der Waals surface area (Å²) in [5, 5.41) is 3.49. The molecule has 1 aliphatic carbocycles. The smallest absolute Gasteiger partial charge is 0.265 e. The summed E-state index contributed by atoms with van der Waals surface area (Å²) in [5.74, 6) is 0.761. The van der Waals surface area contributed by atoms with Crippen LogP contribution in [0.1, 0.15) is 43.6 Å². The number of methoxy groups -OCH3 is 1. The van der Waals surface area contributed by atoms with Crippen molar-refractivity contribution in [1.29, 1.82) is 0 Å². The van der Waals surface area contributed by atoms with Gasteiger partial charge in [-0.1, -0.05) is 54.6 Å². The first-order chi connectivity index (χ1) is 20.1. The average molecular weight is 554 g/mol. The van der Waals surface area contributed by atoms with E-state index in [9.17, 15) is 9.59 Å². The molecule has 3 aromatic rings. The molecule has 1 saturated carbocycles. The van der Waals surface area contributed by atoms with Crippen molar-refractivity contribution in [3.63, 3.8) is 0 Å². The van der Waals surface area contributed by atoms with Gasteiger partial charge in [-0.25, -0.2) is 0 Å². The highest BCUT2D eigenvalue weighted by Gasteiger charge is 2.41. The zero-order valence-corrected chi connectivity index (χ0v) is 23.8. The first kappa shape index (κ1) is 27.5. The second kappa shape index (κ2) is 12.5. The van der Waals surface area contributed by atoms with E-state index in [-0.39, 0.29) is 36.3 Å². The minimum absolute atomic E-state index is 0.0410. The molecule has 0 aromatic heterocycles. The maximum Gasteiger partial charge on any atom is 0.265 e. The van der Waals surface area contributed by atoms with Crippen molar-refractivity contribution in [1.82, 2.24) is 5.32 Å². The maximum absolute atomic E-state index is 14.4. The molecule has 2 atom stereocenters. The Labute approximate surface area is 242 Å². The quantitative estimate of drug-likeness (QED) is 0.341. The van der Waals surface area contributed by atoms with E-state index in [0.717, 1.165) is 50.0 Å². The molecule has 0 bridgehead atoms. The number of nitrogens with one attached hydrogen (secondary N) is 1. The van der Waals surface area contributed by atoms with Crippen molar-refractivity contribution in [3.8, 4) is 16.9 Å². The molecule has 1 saturated heterocycles. The van der Waals surface area contributed by atoms with Crippen LogP contribution in [0, 0.1) is 5.92 Å². The zero-order valence-electron chi connectivity index (χ0n) is 23.8. The summed E-state index contributed by atoms with van der Waals surface area (Å²) in [4.78, 5) is 31.1. The fourth-order valence-electron chi connectivity index (χ4n) is 6.23. The Balaban J connectivity index is 1.28. The summed E-state index contributed by atoms with van der Waals surface area (Å²) in [6.07, 6.45) is 4.62. The number of hydrogen-bond donors (Lipinski definition) is 1. The number of piperidine rings is 1. The van der Waals surface area contributed by atoms with E-state index in [1.54, 1.807) is 7.11 Å². The Morgan fingerprint density at radius 3 is 2.63 bits per heavy atom. The zero-order chi connectivity index (χ0) is 28.2. The number of anilines is 2. The van der Waals surface area contributed by atoms with Crippen LogP contribution < -0.4 is 19.9 Å². The molecule has 2 unspecified atom stereocenters. The van der Waals surface area contributed by atoms with Crippen molar-refractivity contribution in [2.75, 3.05) is 49.8 Å². The van der Waals surface area contributed by atoms with Crippen molar-refractivity contribution in [3.05, 3.63) is 78.4 Å². The molecule has 7 heteroatoms. The lowest BCUT2D eigenvalue weighted by Gasteiger charge is -2.36. The van der Waals surface area contributed by atoms with Gasteiger partial charge in [-0.05, 0) is 79.5 Å². The van der Waals surface area contributed by atoms with Gasteiger partial charge in [0, 0.05) is 38.5 Å². The van der Waals surface area contributed by atoms with Crippen LogP contribution in [0.5, 0.6) is 5.75 Å². The maximum atomic E-state index is 14.4. The molecular formula is C34H39N3O4. The topological polar surface area (TPSA) is 71.1 Å². The monoisotopic (exact) mass is 553 g/mol. The van der Waals surface area contributed by atoms with Crippen LogP contribution in [-0.2, 0) is 14.3 Å². The Morgan fingerprint density at radius 2 is 1.83 bits per heavy atom. The molecule has 0 spiro atoms. The van der Waals surface area contributed by atoms with Crippen LogP contribution in [0.25, 0.3) is 11.1 Å². The highest BCUT2D eigenvalue weighted by atomic mass is 16.5. The highest BCUT2D eigenvalue weighted by molar-refractivity contribution is 6.01. The van der Waals surface area contributed by atoms with Gasteiger partial charge in [-0.15, -0.1) is 0 Å². The van der Waals surface area contributed by atoms with E-state index in [4.69, 9.17) is 9.47 Å². The molecule has 214 valence electrons. The van der Waals surface area contributed by atoms with Gasteiger partial charge in [0.05, 0.1) is 11.6 Å². The van der Waals surface area contributed by atoms with E-state index in [1.165, 1.54) is 16.7 Å². The van der Waals surface area contributed by atoms with Crippen LogP contribution >= 0.6 is 0 Å². The number of carbonyl (C=O) groups excluding carboxylic acids is 2. The summed E-state index contributed by atoms with van der Waals surface area (Å²) in [6, 6.07) is 25.2. The molecule has 3 aliphatic rings. The fraction of sp³-hybridized carbons (Fsp3) is 0.412. The van der Waals surface area contributed by atoms with Gasteiger partial charge in [0.2, 0.25) is 5.91 Å². The Bertz CT molecular complexity index is 1370. The second-order valence-corrected chi connectivity index (χ2v) is 11.3. The van der Waals surface area contributed by atoms with Gasteiger partial charge in [0.1, 0.15) is 5.75 Å². The lowest BCUT2D eigenvalue weighted by Crippen LogP contribution is -2.47. The summed E-state index contributed by atoms with van der Waals surface area (Å²) < 4.78 is 11.0. The molecular weight excluding hydrogens is 514 g/mol.